The van der Waals surface area contributed by atoms with Crippen LogP contribution in [0.3, 0.4) is 0 Å². The third-order valence-corrected chi connectivity index (χ3v) is 3.60. The van der Waals surface area contributed by atoms with Gasteiger partial charge in [-0.25, -0.2) is 0 Å². The Balaban J connectivity index is 2.11. The zero-order chi connectivity index (χ0) is 19.8. The minimum Gasteiger partial charge on any atom is -0.494 e. The molecule has 144 valence electrons. The Morgan fingerprint density at radius 1 is 0.963 bits per heavy atom. The van der Waals surface area contributed by atoms with Crippen molar-refractivity contribution in [3.8, 4) is 17.2 Å². The highest BCUT2D eigenvalue weighted by molar-refractivity contribution is 5.96. The zero-order valence-electron chi connectivity index (χ0n) is 15.7. The molecule has 2 aromatic rings. The van der Waals surface area contributed by atoms with Crippen LogP contribution >= 0.6 is 0 Å². The molecule has 3 N–H and O–H groups in total. The Hall–Kier alpha value is -3.22. The van der Waals surface area contributed by atoms with Crippen molar-refractivity contribution >= 4 is 17.5 Å². The van der Waals surface area contributed by atoms with Crippen LogP contribution in [-0.4, -0.2) is 31.6 Å². The van der Waals surface area contributed by atoms with E-state index >= 15 is 0 Å². The maximum Gasteiger partial charge on any atom is 0.262 e. The Labute approximate surface area is 158 Å². The molecule has 0 aliphatic heterocycles. The molecule has 0 fully saturated rings. The summed E-state index contributed by atoms with van der Waals surface area (Å²) in [5, 5.41) is 2.74. The fraction of sp³-hybridized carbons (Fsp3) is 0.300. The van der Waals surface area contributed by atoms with E-state index in [2.05, 4.69) is 5.32 Å². The van der Waals surface area contributed by atoms with Gasteiger partial charge in [0.1, 0.15) is 17.2 Å². The van der Waals surface area contributed by atoms with Gasteiger partial charge in [0, 0.05) is 6.07 Å². The van der Waals surface area contributed by atoms with E-state index in [9.17, 15) is 9.59 Å². The summed E-state index contributed by atoms with van der Waals surface area (Å²) in [7, 11) is 0. The standard InChI is InChI=1S/C20H24N2O5/c1-4-25-14-7-9-17(26-5-2)16(11-14)22-19(23)12-27-18-10-13(3)6-8-15(18)20(21)24/h6-11H,4-5,12H2,1-3H3,(H2,21,24)(H,22,23). The van der Waals surface area contributed by atoms with Crippen LogP contribution in [0, 0.1) is 6.92 Å². The zero-order valence-corrected chi connectivity index (χ0v) is 15.7. The van der Waals surface area contributed by atoms with Crippen LogP contribution in [-0.2, 0) is 4.79 Å². The van der Waals surface area contributed by atoms with Gasteiger partial charge in [0.15, 0.2) is 6.61 Å². The summed E-state index contributed by atoms with van der Waals surface area (Å²) in [6.45, 7) is 6.26. The van der Waals surface area contributed by atoms with Gasteiger partial charge in [0.2, 0.25) is 0 Å². The van der Waals surface area contributed by atoms with E-state index < -0.39 is 11.8 Å². The molecule has 2 aromatic carbocycles. The fourth-order valence-electron chi connectivity index (χ4n) is 2.43. The average molecular weight is 372 g/mol. The van der Waals surface area contributed by atoms with Crippen molar-refractivity contribution in [2.75, 3.05) is 25.1 Å². The quantitative estimate of drug-likeness (QED) is 0.705. The predicted molar refractivity (Wildman–Crippen MR) is 103 cm³/mol. The molecule has 0 aromatic heterocycles. The second-order valence-electron chi connectivity index (χ2n) is 5.72. The fourth-order valence-corrected chi connectivity index (χ4v) is 2.43. The smallest absolute Gasteiger partial charge is 0.262 e. The molecular formula is C20H24N2O5. The van der Waals surface area contributed by atoms with Gasteiger partial charge in [0.25, 0.3) is 11.8 Å². The second kappa shape index (κ2) is 9.47. The Bertz CT molecular complexity index is 820. The number of rotatable bonds is 9. The highest BCUT2D eigenvalue weighted by atomic mass is 16.5. The summed E-state index contributed by atoms with van der Waals surface area (Å²) in [4.78, 5) is 23.8. The molecule has 2 amide bonds. The van der Waals surface area contributed by atoms with E-state index in [-0.39, 0.29) is 17.9 Å². The molecule has 0 radical (unpaired) electrons. The van der Waals surface area contributed by atoms with Crippen molar-refractivity contribution in [3.63, 3.8) is 0 Å². The van der Waals surface area contributed by atoms with Crippen molar-refractivity contribution in [2.24, 2.45) is 5.73 Å². The van der Waals surface area contributed by atoms with Crippen molar-refractivity contribution in [3.05, 3.63) is 47.5 Å². The molecule has 2 rings (SSSR count). The number of carbonyl (C=O) groups is 2. The monoisotopic (exact) mass is 372 g/mol. The molecule has 0 spiro atoms. The Kier molecular flexibility index (Phi) is 7.05. The first kappa shape index (κ1) is 20.1. The van der Waals surface area contributed by atoms with Crippen LogP contribution in [0.25, 0.3) is 0 Å². The number of carbonyl (C=O) groups excluding carboxylic acids is 2. The van der Waals surface area contributed by atoms with E-state index in [4.69, 9.17) is 19.9 Å². The lowest BCUT2D eigenvalue weighted by atomic mass is 10.1. The molecule has 7 heteroatoms. The number of aryl methyl sites for hydroxylation is 1. The molecule has 27 heavy (non-hydrogen) atoms. The lowest BCUT2D eigenvalue weighted by Crippen LogP contribution is -2.22. The first-order chi connectivity index (χ1) is 12.9. The van der Waals surface area contributed by atoms with E-state index in [0.29, 0.717) is 30.4 Å². The largest absolute Gasteiger partial charge is 0.494 e. The first-order valence-electron chi connectivity index (χ1n) is 8.67. The average Bonchev–Trinajstić information content (AvgIpc) is 2.62. The lowest BCUT2D eigenvalue weighted by Gasteiger charge is -2.14. The van der Waals surface area contributed by atoms with E-state index in [1.165, 1.54) is 0 Å². The number of hydrogen-bond donors (Lipinski definition) is 2. The number of nitrogens with two attached hydrogens (primary N) is 1. The number of hydrogen-bond acceptors (Lipinski definition) is 5. The van der Waals surface area contributed by atoms with Gasteiger partial charge < -0.3 is 25.3 Å². The van der Waals surface area contributed by atoms with Crippen LogP contribution in [0.4, 0.5) is 5.69 Å². The van der Waals surface area contributed by atoms with Gasteiger partial charge >= 0.3 is 0 Å². The molecule has 0 saturated heterocycles. The Morgan fingerprint density at radius 2 is 1.70 bits per heavy atom. The summed E-state index contributed by atoms with van der Waals surface area (Å²) >= 11 is 0. The van der Waals surface area contributed by atoms with Crippen LogP contribution in [0.5, 0.6) is 17.2 Å². The molecular weight excluding hydrogens is 348 g/mol. The minimum atomic E-state index is -0.617. The first-order valence-corrected chi connectivity index (χ1v) is 8.67. The van der Waals surface area contributed by atoms with Crippen LogP contribution < -0.4 is 25.3 Å². The summed E-state index contributed by atoms with van der Waals surface area (Å²) < 4.78 is 16.5. The predicted octanol–water partition coefficient (Wildman–Crippen LogP) is 2.91. The maximum absolute atomic E-state index is 12.3. The number of ether oxygens (including phenoxy) is 3. The van der Waals surface area contributed by atoms with Crippen molar-refractivity contribution in [2.45, 2.75) is 20.8 Å². The molecule has 0 aliphatic carbocycles. The SMILES string of the molecule is CCOc1ccc(OCC)c(NC(=O)COc2cc(C)ccc2C(N)=O)c1. The van der Waals surface area contributed by atoms with E-state index in [1.54, 1.807) is 36.4 Å². The number of anilines is 1. The van der Waals surface area contributed by atoms with Crippen LogP contribution in [0.1, 0.15) is 29.8 Å². The summed E-state index contributed by atoms with van der Waals surface area (Å²) in [6.07, 6.45) is 0. The molecule has 0 atom stereocenters. The molecule has 0 unspecified atom stereocenters. The number of primary amides is 1. The number of benzene rings is 2. The van der Waals surface area contributed by atoms with E-state index in [0.717, 1.165) is 5.56 Å². The molecule has 0 saturated carbocycles. The molecule has 0 bridgehead atoms. The normalized spacial score (nSPS) is 10.2. The van der Waals surface area contributed by atoms with Gasteiger partial charge in [-0.05, 0) is 50.6 Å². The van der Waals surface area contributed by atoms with Crippen molar-refractivity contribution in [1.29, 1.82) is 0 Å². The second-order valence-corrected chi connectivity index (χ2v) is 5.72. The third-order valence-electron chi connectivity index (χ3n) is 3.60. The van der Waals surface area contributed by atoms with E-state index in [1.807, 2.05) is 20.8 Å². The number of nitrogens with one attached hydrogen (secondary N) is 1. The van der Waals surface area contributed by atoms with Gasteiger partial charge in [-0.3, -0.25) is 9.59 Å². The summed E-state index contributed by atoms with van der Waals surface area (Å²) in [6, 6.07) is 10.2. The van der Waals surface area contributed by atoms with Gasteiger partial charge in [0.05, 0.1) is 24.5 Å². The van der Waals surface area contributed by atoms with Gasteiger partial charge in [-0.1, -0.05) is 6.07 Å². The van der Waals surface area contributed by atoms with Gasteiger partial charge in [-0.15, -0.1) is 0 Å². The number of amides is 2. The molecule has 0 aliphatic rings. The highest BCUT2D eigenvalue weighted by Gasteiger charge is 2.13. The van der Waals surface area contributed by atoms with Crippen LogP contribution in [0.2, 0.25) is 0 Å². The third kappa shape index (κ3) is 5.64. The van der Waals surface area contributed by atoms with Crippen molar-refractivity contribution < 1.29 is 23.8 Å². The van der Waals surface area contributed by atoms with Crippen LogP contribution in [0.15, 0.2) is 36.4 Å². The molecule has 7 nitrogen and oxygen atoms in total. The minimum absolute atomic E-state index is 0.224. The lowest BCUT2D eigenvalue weighted by molar-refractivity contribution is -0.118. The summed E-state index contributed by atoms with van der Waals surface area (Å²) in [5.41, 5.74) is 6.94. The molecule has 0 heterocycles. The maximum atomic E-state index is 12.3. The summed E-state index contributed by atoms with van der Waals surface area (Å²) in [5.74, 6) is 0.398. The Morgan fingerprint density at radius 3 is 2.37 bits per heavy atom. The van der Waals surface area contributed by atoms with Crippen molar-refractivity contribution in [1.82, 2.24) is 0 Å². The highest BCUT2D eigenvalue weighted by Crippen LogP contribution is 2.29. The van der Waals surface area contributed by atoms with Gasteiger partial charge in [-0.2, -0.15) is 0 Å². The topological polar surface area (TPSA) is 99.9 Å².